The van der Waals surface area contributed by atoms with Crippen LogP contribution in [0.4, 0.5) is 0 Å². The number of nitrogens with one attached hydrogen (secondary N) is 1. The van der Waals surface area contributed by atoms with Gasteiger partial charge in [-0.3, -0.25) is 0 Å². The Bertz CT molecular complexity index is 532. The van der Waals surface area contributed by atoms with Gasteiger partial charge in [0, 0.05) is 32.4 Å². The van der Waals surface area contributed by atoms with E-state index in [-0.39, 0.29) is 11.4 Å². The van der Waals surface area contributed by atoms with E-state index in [0.29, 0.717) is 37.5 Å². The highest BCUT2D eigenvalue weighted by molar-refractivity contribution is 7.89. The molecule has 3 N–H and O–H groups in total. The number of sulfonamides is 1. The summed E-state index contributed by atoms with van der Waals surface area (Å²) in [7, 11) is -1.95. The smallest absolute Gasteiger partial charge is 0.240 e. The summed E-state index contributed by atoms with van der Waals surface area (Å²) in [5, 5.41) is 0. The van der Waals surface area contributed by atoms with Crippen LogP contribution in [0.15, 0.2) is 23.1 Å². The van der Waals surface area contributed by atoms with Crippen molar-refractivity contribution in [2.45, 2.75) is 31.2 Å². The molecule has 0 amide bonds. The van der Waals surface area contributed by atoms with E-state index in [1.807, 2.05) is 6.92 Å². The first-order valence-corrected chi connectivity index (χ1v) is 8.47. The molecule has 0 aliphatic heterocycles. The van der Waals surface area contributed by atoms with Gasteiger partial charge in [0.1, 0.15) is 5.75 Å². The Labute approximate surface area is 126 Å². The van der Waals surface area contributed by atoms with E-state index in [1.54, 1.807) is 19.2 Å². The van der Waals surface area contributed by atoms with Gasteiger partial charge in [0.25, 0.3) is 0 Å². The van der Waals surface area contributed by atoms with E-state index in [4.69, 9.17) is 15.2 Å². The molecular weight excluding hydrogens is 292 g/mol. The minimum Gasteiger partial charge on any atom is -0.493 e. The van der Waals surface area contributed by atoms with Gasteiger partial charge in [0.2, 0.25) is 10.0 Å². The molecule has 0 bridgehead atoms. The third kappa shape index (κ3) is 5.62. The summed E-state index contributed by atoms with van der Waals surface area (Å²) in [6.07, 6.45) is 1.50. The molecule has 0 aliphatic carbocycles. The largest absolute Gasteiger partial charge is 0.493 e. The highest BCUT2D eigenvalue weighted by Crippen LogP contribution is 2.22. The molecule has 0 unspecified atom stereocenters. The number of ether oxygens (including phenoxy) is 2. The SMILES string of the molecule is CCCOc1ccc(S(=O)(=O)NCCCOC)cc1CN. The summed E-state index contributed by atoms with van der Waals surface area (Å²) < 4.78 is 37.3. The topological polar surface area (TPSA) is 90.7 Å². The Hall–Kier alpha value is -1.15. The van der Waals surface area contributed by atoms with Crippen molar-refractivity contribution in [1.29, 1.82) is 0 Å². The van der Waals surface area contributed by atoms with Gasteiger partial charge >= 0.3 is 0 Å². The molecule has 0 radical (unpaired) electrons. The number of rotatable bonds is 10. The van der Waals surface area contributed by atoms with E-state index in [0.717, 1.165) is 6.42 Å². The minimum absolute atomic E-state index is 0.198. The predicted octanol–water partition coefficient (Wildman–Crippen LogP) is 1.25. The van der Waals surface area contributed by atoms with Gasteiger partial charge in [-0.2, -0.15) is 0 Å². The summed E-state index contributed by atoms with van der Waals surface area (Å²) >= 11 is 0. The molecule has 1 rings (SSSR count). The van der Waals surface area contributed by atoms with Gasteiger partial charge in [-0.1, -0.05) is 6.92 Å². The minimum atomic E-state index is -3.53. The number of nitrogens with two attached hydrogens (primary N) is 1. The molecule has 0 aliphatic rings. The van der Waals surface area contributed by atoms with Crippen molar-refractivity contribution in [2.24, 2.45) is 5.73 Å². The van der Waals surface area contributed by atoms with Crippen LogP contribution < -0.4 is 15.2 Å². The van der Waals surface area contributed by atoms with Crippen LogP contribution in [-0.4, -0.2) is 35.3 Å². The molecule has 1 aromatic carbocycles. The third-order valence-corrected chi connectivity index (χ3v) is 4.30. The van der Waals surface area contributed by atoms with Gasteiger partial charge in [0.15, 0.2) is 0 Å². The Balaban J connectivity index is 2.82. The lowest BCUT2D eigenvalue weighted by atomic mass is 10.2. The normalized spacial score (nSPS) is 11.6. The average Bonchev–Trinajstić information content (AvgIpc) is 2.49. The standard InChI is InChI=1S/C14H24N2O4S/c1-3-8-20-14-6-5-13(10-12(14)11-15)21(17,18)16-7-4-9-19-2/h5-6,10,16H,3-4,7-9,11,15H2,1-2H3. The molecular formula is C14H24N2O4S. The molecule has 0 fully saturated rings. The predicted molar refractivity (Wildman–Crippen MR) is 81.8 cm³/mol. The van der Waals surface area contributed by atoms with Gasteiger partial charge in [0.05, 0.1) is 11.5 Å². The monoisotopic (exact) mass is 316 g/mol. The summed E-state index contributed by atoms with van der Waals surface area (Å²) in [5.41, 5.74) is 6.35. The highest BCUT2D eigenvalue weighted by Gasteiger charge is 2.15. The van der Waals surface area contributed by atoms with Crippen molar-refractivity contribution in [3.63, 3.8) is 0 Å². The maximum Gasteiger partial charge on any atom is 0.240 e. The van der Waals surface area contributed by atoms with Crippen molar-refractivity contribution in [3.8, 4) is 5.75 Å². The lowest BCUT2D eigenvalue weighted by Crippen LogP contribution is -2.25. The second kappa shape index (κ2) is 8.99. The molecule has 120 valence electrons. The zero-order valence-corrected chi connectivity index (χ0v) is 13.4. The van der Waals surface area contributed by atoms with Crippen LogP contribution in [0.25, 0.3) is 0 Å². The first-order chi connectivity index (χ1) is 10.0. The maximum atomic E-state index is 12.2. The molecule has 0 saturated carbocycles. The van der Waals surface area contributed by atoms with Crippen LogP contribution in [0.2, 0.25) is 0 Å². The highest BCUT2D eigenvalue weighted by atomic mass is 32.2. The van der Waals surface area contributed by atoms with Crippen molar-refractivity contribution in [1.82, 2.24) is 4.72 Å². The summed E-state index contributed by atoms with van der Waals surface area (Å²) in [6.45, 7) is 3.66. The zero-order valence-electron chi connectivity index (χ0n) is 12.6. The van der Waals surface area contributed by atoms with Crippen LogP contribution in [-0.2, 0) is 21.3 Å². The van der Waals surface area contributed by atoms with Gasteiger partial charge in [-0.15, -0.1) is 0 Å². The molecule has 7 heteroatoms. The summed E-state index contributed by atoms with van der Waals surface area (Å²) in [5.74, 6) is 0.637. The molecule has 1 aromatic rings. The Morgan fingerprint density at radius 2 is 2.05 bits per heavy atom. The lowest BCUT2D eigenvalue weighted by Gasteiger charge is -2.12. The fraction of sp³-hybridized carbons (Fsp3) is 0.571. The molecule has 21 heavy (non-hydrogen) atoms. The average molecular weight is 316 g/mol. The van der Waals surface area contributed by atoms with E-state index in [1.165, 1.54) is 6.07 Å². The number of hydrogen-bond donors (Lipinski definition) is 2. The number of benzene rings is 1. The fourth-order valence-corrected chi connectivity index (χ4v) is 2.87. The van der Waals surface area contributed by atoms with Crippen LogP contribution >= 0.6 is 0 Å². The van der Waals surface area contributed by atoms with E-state index >= 15 is 0 Å². The van der Waals surface area contributed by atoms with E-state index < -0.39 is 10.0 Å². The Kier molecular flexibility index (Phi) is 7.66. The third-order valence-electron chi connectivity index (χ3n) is 2.84. The molecule has 0 atom stereocenters. The second-order valence-corrected chi connectivity index (χ2v) is 6.33. The molecule has 0 aromatic heterocycles. The Morgan fingerprint density at radius 3 is 2.67 bits per heavy atom. The lowest BCUT2D eigenvalue weighted by molar-refractivity contribution is 0.196. The van der Waals surface area contributed by atoms with Crippen molar-refractivity contribution < 1.29 is 17.9 Å². The van der Waals surface area contributed by atoms with Gasteiger partial charge < -0.3 is 15.2 Å². The van der Waals surface area contributed by atoms with E-state index in [9.17, 15) is 8.42 Å². The van der Waals surface area contributed by atoms with Crippen LogP contribution in [0.5, 0.6) is 5.75 Å². The fourth-order valence-electron chi connectivity index (χ4n) is 1.74. The van der Waals surface area contributed by atoms with Crippen LogP contribution in [0.3, 0.4) is 0 Å². The molecule has 6 nitrogen and oxygen atoms in total. The quantitative estimate of drug-likeness (QED) is 0.634. The molecule has 0 heterocycles. The van der Waals surface area contributed by atoms with Gasteiger partial charge in [-0.05, 0) is 31.0 Å². The summed E-state index contributed by atoms with van der Waals surface area (Å²) in [6, 6.07) is 4.74. The van der Waals surface area contributed by atoms with E-state index in [2.05, 4.69) is 4.72 Å². The Morgan fingerprint density at radius 1 is 1.29 bits per heavy atom. The van der Waals surface area contributed by atoms with Crippen molar-refractivity contribution in [2.75, 3.05) is 26.9 Å². The molecule has 0 spiro atoms. The summed E-state index contributed by atoms with van der Waals surface area (Å²) in [4.78, 5) is 0.198. The molecule has 0 saturated heterocycles. The first kappa shape index (κ1) is 17.9. The van der Waals surface area contributed by atoms with Crippen molar-refractivity contribution in [3.05, 3.63) is 23.8 Å². The van der Waals surface area contributed by atoms with Crippen molar-refractivity contribution >= 4 is 10.0 Å². The number of hydrogen-bond acceptors (Lipinski definition) is 5. The van der Waals surface area contributed by atoms with Gasteiger partial charge in [-0.25, -0.2) is 13.1 Å². The number of methoxy groups -OCH3 is 1. The maximum absolute atomic E-state index is 12.2. The zero-order chi connectivity index (χ0) is 15.7. The first-order valence-electron chi connectivity index (χ1n) is 6.99. The van der Waals surface area contributed by atoms with Crippen LogP contribution in [0.1, 0.15) is 25.3 Å². The second-order valence-electron chi connectivity index (χ2n) is 4.57. The van der Waals surface area contributed by atoms with Crippen LogP contribution in [0, 0.1) is 0 Å².